The van der Waals surface area contributed by atoms with Crippen molar-refractivity contribution in [2.75, 3.05) is 0 Å². The molecule has 0 spiro atoms. The van der Waals surface area contributed by atoms with Crippen LogP contribution >= 0.6 is 0 Å². The fraction of sp³-hybridized carbons (Fsp3) is 0.786. The summed E-state index contributed by atoms with van der Waals surface area (Å²) < 4.78 is 0. The Morgan fingerprint density at radius 2 is 1.24 bits per heavy atom. The summed E-state index contributed by atoms with van der Waals surface area (Å²) >= 11 is 0. The lowest BCUT2D eigenvalue weighted by Crippen LogP contribution is -2.48. The zero-order valence-electron chi connectivity index (χ0n) is 12.5. The summed E-state index contributed by atoms with van der Waals surface area (Å²) in [6.07, 6.45) is 1.92. The van der Waals surface area contributed by atoms with Crippen molar-refractivity contribution in [2.45, 2.75) is 57.9 Å². The summed E-state index contributed by atoms with van der Waals surface area (Å²) in [7, 11) is 0. The third kappa shape index (κ3) is 7.08. The maximum atomic E-state index is 11.3. The fourth-order valence-electron chi connectivity index (χ4n) is 2.03. The number of rotatable bonds is 11. The van der Waals surface area contributed by atoms with E-state index >= 15 is 0 Å². The summed E-state index contributed by atoms with van der Waals surface area (Å²) in [4.78, 5) is 32.7. The van der Waals surface area contributed by atoms with Gasteiger partial charge in [0.2, 0.25) is 0 Å². The zero-order chi connectivity index (χ0) is 16.6. The quantitative estimate of drug-likeness (QED) is 0.454. The predicted octanol–water partition coefficient (Wildman–Crippen LogP) is 1.55. The smallest absolute Gasteiger partial charge is 0.323 e. The first-order valence-corrected chi connectivity index (χ1v) is 7.08. The number of carboxylic acids is 3. The van der Waals surface area contributed by atoms with Gasteiger partial charge in [0.1, 0.15) is 5.54 Å². The van der Waals surface area contributed by atoms with E-state index in [4.69, 9.17) is 15.9 Å². The Kier molecular flexibility index (Phi) is 7.94. The largest absolute Gasteiger partial charge is 0.481 e. The molecule has 0 saturated carbocycles. The molecule has 0 radical (unpaired) electrons. The van der Waals surface area contributed by atoms with Gasteiger partial charge in [0.05, 0.1) is 11.8 Å². The highest BCUT2D eigenvalue weighted by Crippen LogP contribution is 2.22. The Hall–Kier alpha value is -1.63. The van der Waals surface area contributed by atoms with E-state index in [1.165, 1.54) is 0 Å². The molecule has 21 heavy (non-hydrogen) atoms. The van der Waals surface area contributed by atoms with Crippen LogP contribution in [0.15, 0.2) is 0 Å². The summed E-state index contributed by atoms with van der Waals surface area (Å²) in [5, 5.41) is 26.8. The first-order chi connectivity index (χ1) is 9.60. The minimum absolute atomic E-state index is 0.182. The molecule has 0 saturated heterocycles. The normalized spacial score (nSPS) is 14.4. The van der Waals surface area contributed by atoms with Crippen LogP contribution in [-0.4, -0.2) is 38.8 Å². The van der Waals surface area contributed by atoms with E-state index in [-0.39, 0.29) is 12.8 Å². The molecule has 0 aromatic rings. The summed E-state index contributed by atoms with van der Waals surface area (Å²) in [5.74, 6) is -4.02. The van der Waals surface area contributed by atoms with Gasteiger partial charge in [-0.3, -0.25) is 14.4 Å². The van der Waals surface area contributed by atoms with E-state index < -0.39 is 35.3 Å². The van der Waals surface area contributed by atoms with Gasteiger partial charge in [-0.1, -0.05) is 26.7 Å². The van der Waals surface area contributed by atoms with Crippen molar-refractivity contribution >= 4 is 17.9 Å². The standard InChI is InChI=1S/C14H25NO6/c1-9(11(16)17)5-3-7-14(15,13(20)21)8-4-6-10(2)12(18)19/h9-10H,3-8,15H2,1-2H3,(H,16,17)(H,18,19)(H,20,21)/t9-,10-/m0/s1. The van der Waals surface area contributed by atoms with Crippen LogP contribution in [0.25, 0.3) is 0 Å². The molecule has 0 aliphatic carbocycles. The number of carbonyl (C=O) groups is 3. The number of aliphatic carboxylic acids is 3. The van der Waals surface area contributed by atoms with Crippen molar-refractivity contribution in [3.8, 4) is 0 Å². The Bertz CT molecular complexity index is 356. The second-order valence-electron chi connectivity index (χ2n) is 5.72. The lowest BCUT2D eigenvalue weighted by Gasteiger charge is -2.25. The highest BCUT2D eigenvalue weighted by atomic mass is 16.4. The topological polar surface area (TPSA) is 138 Å². The van der Waals surface area contributed by atoms with Crippen LogP contribution in [0.1, 0.15) is 52.4 Å². The lowest BCUT2D eigenvalue weighted by atomic mass is 9.86. The van der Waals surface area contributed by atoms with Gasteiger partial charge in [-0.2, -0.15) is 0 Å². The molecular formula is C14H25NO6. The van der Waals surface area contributed by atoms with E-state index in [1.807, 2.05) is 0 Å². The number of hydrogen-bond acceptors (Lipinski definition) is 4. The Balaban J connectivity index is 4.33. The van der Waals surface area contributed by atoms with Crippen LogP contribution in [0.4, 0.5) is 0 Å². The number of nitrogens with two attached hydrogens (primary N) is 1. The van der Waals surface area contributed by atoms with Gasteiger partial charge in [0, 0.05) is 0 Å². The average molecular weight is 303 g/mol. The molecule has 5 N–H and O–H groups in total. The van der Waals surface area contributed by atoms with Crippen LogP contribution in [-0.2, 0) is 14.4 Å². The fourth-order valence-corrected chi connectivity index (χ4v) is 2.03. The van der Waals surface area contributed by atoms with Crippen LogP contribution in [0, 0.1) is 11.8 Å². The van der Waals surface area contributed by atoms with Crippen molar-refractivity contribution in [1.82, 2.24) is 0 Å². The van der Waals surface area contributed by atoms with Crippen molar-refractivity contribution in [2.24, 2.45) is 17.6 Å². The second kappa shape index (κ2) is 8.61. The van der Waals surface area contributed by atoms with Crippen molar-refractivity contribution in [1.29, 1.82) is 0 Å². The summed E-state index contributed by atoms with van der Waals surface area (Å²) in [6, 6.07) is 0. The molecular weight excluding hydrogens is 278 g/mol. The minimum Gasteiger partial charge on any atom is -0.481 e. The molecule has 0 bridgehead atoms. The number of hydrogen-bond donors (Lipinski definition) is 4. The SMILES string of the molecule is C[C@@H](CCCC(N)(CCC[C@H](C)C(=O)O)C(=O)O)C(=O)O. The highest BCUT2D eigenvalue weighted by molar-refractivity contribution is 5.78. The maximum absolute atomic E-state index is 11.3. The average Bonchev–Trinajstić information content (AvgIpc) is 2.37. The molecule has 0 unspecified atom stereocenters. The van der Waals surface area contributed by atoms with Gasteiger partial charge in [0.25, 0.3) is 0 Å². The third-order valence-electron chi connectivity index (χ3n) is 3.79. The van der Waals surface area contributed by atoms with Gasteiger partial charge >= 0.3 is 17.9 Å². The zero-order valence-corrected chi connectivity index (χ0v) is 12.5. The molecule has 0 rings (SSSR count). The maximum Gasteiger partial charge on any atom is 0.323 e. The first-order valence-electron chi connectivity index (χ1n) is 7.08. The Morgan fingerprint density at radius 1 is 0.905 bits per heavy atom. The second-order valence-corrected chi connectivity index (χ2v) is 5.72. The molecule has 0 aromatic carbocycles. The summed E-state index contributed by atoms with van der Waals surface area (Å²) in [6.45, 7) is 3.13. The highest BCUT2D eigenvalue weighted by Gasteiger charge is 2.33. The molecule has 122 valence electrons. The third-order valence-corrected chi connectivity index (χ3v) is 3.79. The van der Waals surface area contributed by atoms with Crippen molar-refractivity contribution in [3.05, 3.63) is 0 Å². The van der Waals surface area contributed by atoms with Crippen LogP contribution in [0.5, 0.6) is 0 Å². The van der Waals surface area contributed by atoms with Gasteiger partial charge in [-0.05, 0) is 25.7 Å². The number of carboxylic acid groups (broad SMARTS) is 3. The summed E-state index contributed by atoms with van der Waals surface area (Å²) in [5.41, 5.74) is 4.45. The molecule has 0 amide bonds. The Morgan fingerprint density at radius 3 is 1.48 bits per heavy atom. The molecule has 0 aliphatic heterocycles. The molecule has 7 heteroatoms. The van der Waals surface area contributed by atoms with Crippen LogP contribution in [0.3, 0.4) is 0 Å². The van der Waals surface area contributed by atoms with E-state index in [9.17, 15) is 19.5 Å². The minimum atomic E-state index is -1.42. The van der Waals surface area contributed by atoms with Crippen LogP contribution in [0.2, 0.25) is 0 Å². The van der Waals surface area contributed by atoms with Crippen molar-refractivity contribution < 1.29 is 29.7 Å². The lowest BCUT2D eigenvalue weighted by molar-refractivity contribution is -0.144. The molecule has 0 aliphatic rings. The van der Waals surface area contributed by atoms with Gasteiger partial charge < -0.3 is 21.1 Å². The van der Waals surface area contributed by atoms with E-state index in [2.05, 4.69) is 0 Å². The first kappa shape index (κ1) is 19.4. The van der Waals surface area contributed by atoms with Crippen molar-refractivity contribution in [3.63, 3.8) is 0 Å². The molecule has 0 fully saturated rings. The molecule has 0 aromatic heterocycles. The van der Waals surface area contributed by atoms with E-state index in [0.717, 1.165) is 0 Å². The van der Waals surface area contributed by atoms with E-state index in [1.54, 1.807) is 13.8 Å². The van der Waals surface area contributed by atoms with Gasteiger partial charge in [-0.25, -0.2) is 0 Å². The van der Waals surface area contributed by atoms with E-state index in [0.29, 0.717) is 25.7 Å². The molecule has 7 nitrogen and oxygen atoms in total. The monoisotopic (exact) mass is 303 g/mol. The van der Waals surface area contributed by atoms with Crippen LogP contribution < -0.4 is 5.73 Å². The van der Waals surface area contributed by atoms with Gasteiger partial charge in [0.15, 0.2) is 0 Å². The molecule has 2 atom stereocenters. The van der Waals surface area contributed by atoms with Gasteiger partial charge in [-0.15, -0.1) is 0 Å². The Labute approximate surface area is 124 Å². The molecule has 0 heterocycles. The predicted molar refractivity (Wildman–Crippen MR) is 75.9 cm³/mol.